The third kappa shape index (κ3) is 4.61. The van der Waals surface area contributed by atoms with E-state index in [0.29, 0.717) is 44.6 Å². The molecule has 30 heavy (non-hydrogen) atoms. The van der Waals surface area contributed by atoms with Gasteiger partial charge in [-0.05, 0) is 42.9 Å². The van der Waals surface area contributed by atoms with Crippen LogP contribution in [0.25, 0.3) is 0 Å². The normalized spacial score (nSPS) is 27.6. The molecule has 0 aromatic heterocycles. The van der Waals surface area contributed by atoms with Crippen molar-refractivity contribution < 1.29 is 13.2 Å². The first kappa shape index (κ1) is 21.1. The highest BCUT2D eigenvalue weighted by molar-refractivity contribution is 7.88. The predicted molar refractivity (Wildman–Crippen MR) is 114 cm³/mol. The summed E-state index contributed by atoms with van der Waals surface area (Å²) in [6.45, 7) is 2.28. The van der Waals surface area contributed by atoms with Gasteiger partial charge >= 0.3 is 0 Å². The quantitative estimate of drug-likeness (QED) is 0.678. The monoisotopic (exact) mass is 431 g/mol. The highest BCUT2D eigenvalue weighted by Crippen LogP contribution is 2.35. The highest BCUT2D eigenvalue weighted by Gasteiger charge is 2.43. The number of nitrogens with zero attached hydrogens (tertiary/aromatic N) is 3. The number of benzene rings is 1. The Bertz CT molecular complexity index is 919. The van der Waals surface area contributed by atoms with Crippen LogP contribution in [0.5, 0.6) is 0 Å². The molecule has 2 heterocycles. The molecule has 2 aliphatic heterocycles. The minimum Gasteiger partial charge on any atom is -0.369 e. The molecule has 1 saturated carbocycles. The van der Waals surface area contributed by atoms with E-state index in [2.05, 4.69) is 21.6 Å². The fraction of sp³-hybridized carbons (Fsp3) is 0.619. The predicted octanol–water partition coefficient (Wildman–Crippen LogP) is 0.460. The Morgan fingerprint density at radius 1 is 1.23 bits per heavy atom. The van der Waals surface area contributed by atoms with Gasteiger partial charge in [-0.2, -0.15) is 9.57 Å². The topological polar surface area (TPSA) is 106 Å². The van der Waals surface area contributed by atoms with E-state index in [0.717, 1.165) is 30.5 Å². The minimum atomic E-state index is -3.14. The second-order valence-corrected chi connectivity index (χ2v) is 10.6. The van der Waals surface area contributed by atoms with Crippen LogP contribution in [-0.2, 0) is 21.2 Å². The lowest BCUT2D eigenvalue weighted by molar-refractivity contribution is -0.124. The maximum Gasteiger partial charge on any atom is 0.238 e. The number of hydrogen-bond acceptors (Lipinski definition) is 6. The minimum absolute atomic E-state index is 0.0610. The van der Waals surface area contributed by atoms with Gasteiger partial charge in [0.25, 0.3) is 0 Å². The Balaban J connectivity index is 1.30. The molecule has 3 fully saturated rings. The molecule has 2 saturated heterocycles. The molecule has 4 atom stereocenters. The lowest BCUT2D eigenvalue weighted by atomic mass is 9.98. The van der Waals surface area contributed by atoms with E-state index < -0.39 is 16.1 Å². The number of carbonyl (C=O) groups excluding carboxylic acids is 1. The van der Waals surface area contributed by atoms with Crippen molar-refractivity contribution in [1.82, 2.24) is 14.9 Å². The van der Waals surface area contributed by atoms with E-state index in [1.165, 1.54) is 10.6 Å². The van der Waals surface area contributed by atoms with Gasteiger partial charge in [-0.25, -0.2) is 8.42 Å². The average molecular weight is 432 g/mol. The largest absolute Gasteiger partial charge is 0.369 e. The number of anilines is 1. The number of fused-ring (bicyclic) bond motifs is 2. The zero-order valence-corrected chi connectivity index (χ0v) is 18.1. The SMILES string of the molecule is CS(=O)(=O)N1CCN(c2ccc(C[C@@H](C#N)NC(=O)[C@H]3N[C@@H]4CCC3C4)cc2)CC1. The van der Waals surface area contributed by atoms with Gasteiger partial charge in [-0.1, -0.05) is 12.1 Å². The van der Waals surface area contributed by atoms with Gasteiger partial charge in [0.05, 0.1) is 18.4 Å². The number of amides is 1. The number of carbonyl (C=O) groups is 1. The molecule has 1 aromatic rings. The van der Waals surface area contributed by atoms with Crippen LogP contribution in [0.3, 0.4) is 0 Å². The zero-order chi connectivity index (χ0) is 21.3. The van der Waals surface area contributed by atoms with Gasteiger partial charge in [0.2, 0.25) is 15.9 Å². The summed E-state index contributed by atoms with van der Waals surface area (Å²) in [7, 11) is -3.14. The van der Waals surface area contributed by atoms with Crippen LogP contribution in [0.15, 0.2) is 24.3 Å². The fourth-order valence-electron chi connectivity index (χ4n) is 4.90. The summed E-state index contributed by atoms with van der Waals surface area (Å²) in [4.78, 5) is 14.7. The first-order valence-electron chi connectivity index (χ1n) is 10.6. The van der Waals surface area contributed by atoms with Crippen LogP contribution in [-0.4, -0.2) is 69.2 Å². The number of piperidine rings is 1. The maximum atomic E-state index is 12.6. The van der Waals surface area contributed by atoms with Gasteiger partial charge in [0, 0.05) is 44.3 Å². The third-order valence-electron chi connectivity index (χ3n) is 6.56. The Kier molecular flexibility index (Phi) is 6.00. The Labute approximate surface area is 178 Å². The summed E-state index contributed by atoms with van der Waals surface area (Å²) < 4.78 is 24.8. The van der Waals surface area contributed by atoms with Gasteiger partial charge in [-0.3, -0.25) is 4.79 Å². The molecule has 1 unspecified atom stereocenters. The van der Waals surface area contributed by atoms with Crippen molar-refractivity contribution in [3.05, 3.63) is 29.8 Å². The number of rotatable bonds is 6. The molecule has 2 bridgehead atoms. The van der Waals surface area contributed by atoms with Crippen LogP contribution >= 0.6 is 0 Å². The summed E-state index contributed by atoms with van der Waals surface area (Å²) >= 11 is 0. The van der Waals surface area contributed by atoms with E-state index in [1.807, 2.05) is 24.3 Å². The molecule has 4 rings (SSSR count). The molecule has 0 spiro atoms. The van der Waals surface area contributed by atoms with Crippen molar-refractivity contribution >= 4 is 21.6 Å². The Hall–Kier alpha value is -2.15. The maximum absolute atomic E-state index is 12.6. The van der Waals surface area contributed by atoms with E-state index in [-0.39, 0.29) is 11.9 Å². The highest BCUT2D eigenvalue weighted by atomic mass is 32.2. The van der Waals surface area contributed by atoms with Crippen LogP contribution in [0.1, 0.15) is 24.8 Å². The van der Waals surface area contributed by atoms with E-state index in [4.69, 9.17) is 0 Å². The Morgan fingerprint density at radius 3 is 2.47 bits per heavy atom. The van der Waals surface area contributed by atoms with Gasteiger partial charge in [0.1, 0.15) is 6.04 Å². The molecular formula is C21H29N5O3S. The third-order valence-corrected chi connectivity index (χ3v) is 7.87. The zero-order valence-electron chi connectivity index (χ0n) is 17.3. The summed E-state index contributed by atoms with van der Waals surface area (Å²) in [5.41, 5.74) is 2.02. The van der Waals surface area contributed by atoms with Crippen molar-refractivity contribution in [2.45, 2.75) is 43.8 Å². The first-order chi connectivity index (χ1) is 14.3. The van der Waals surface area contributed by atoms with Crippen LogP contribution in [0.4, 0.5) is 5.69 Å². The molecule has 1 aromatic carbocycles. The summed E-state index contributed by atoms with van der Waals surface area (Å²) in [6.07, 6.45) is 5.01. The molecule has 9 heteroatoms. The van der Waals surface area contributed by atoms with Crippen molar-refractivity contribution in [2.24, 2.45) is 5.92 Å². The van der Waals surface area contributed by atoms with Crippen molar-refractivity contribution in [3.8, 4) is 6.07 Å². The molecule has 3 aliphatic rings. The van der Waals surface area contributed by atoms with Crippen molar-refractivity contribution in [3.63, 3.8) is 0 Å². The molecule has 1 amide bonds. The van der Waals surface area contributed by atoms with E-state index >= 15 is 0 Å². The lowest BCUT2D eigenvalue weighted by Crippen LogP contribution is -2.50. The fourth-order valence-corrected chi connectivity index (χ4v) is 5.72. The van der Waals surface area contributed by atoms with Crippen LogP contribution in [0, 0.1) is 17.2 Å². The van der Waals surface area contributed by atoms with Gasteiger partial charge in [-0.15, -0.1) is 0 Å². The van der Waals surface area contributed by atoms with Gasteiger partial charge < -0.3 is 15.5 Å². The second kappa shape index (κ2) is 8.53. The number of hydrogen-bond donors (Lipinski definition) is 2. The number of nitrogens with one attached hydrogen (secondary N) is 2. The number of piperazine rings is 1. The van der Waals surface area contributed by atoms with E-state index in [9.17, 15) is 18.5 Å². The molecule has 1 aliphatic carbocycles. The smallest absolute Gasteiger partial charge is 0.238 e. The van der Waals surface area contributed by atoms with Crippen molar-refractivity contribution in [1.29, 1.82) is 5.26 Å². The number of nitriles is 1. The molecule has 2 N–H and O–H groups in total. The number of sulfonamides is 1. The first-order valence-corrected chi connectivity index (χ1v) is 12.4. The standard InChI is InChI=1S/C21H29N5O3S/c1-30(28,29)26-10-8-25(9-11-26)19-6-2-15(3-7-19)12-18(14-22)24-21(27)20-16-4-5-17(13-16)23-20/h2-3,6-7,16-18,20,23H,4-5,8-13H2,1H3,(H,24,27)/t16?,17-,18+,20+/m1/s1. The average Bonchev–Trinajstić information content (AvgIpc) is 3.37. The van der Waals surface area contributed by atoms with E-state index in [1.54, 1.807) is 0 Å². The molecular weight excluding hydrogens is 402 g/mol. The van der Waals surface area contributed by atoms with Crippen LogP contribution < -0.4 is 15.5 Å². The molecule has 162 valence electrons. The van der Waals surface area contributed by atoms with Gasteiger partial charge in [0.15, 0.2) is 0 Å². The van der Waals surface area contributed by atoms with Crippen molar-refractivity contribution in [2.75, 3.05) is 37.3 Å². The molecule has 8 nitrogen and oxygen atoms in total. The van der Waals surface area contributed by atoms with Crippen LogP contribution in [0.2, 0.25) is 0 Å². The Morgan fingerprint density at radius 2 is 1.93 bits per heavy atom. The lowest BCUT2D eigenvalue weighted by Gasteiger charge is -2.34. The molecule has 0 radical (unpaired) electrons. The summed E-state index contributed by atoms with van der Waals surface area (Å²) in [5.74, 6) is 0.339. The second-order valence-electron chi connectivity index (χ2n) is 8.62. The summed E-state index contributed by atoms with van der Waals surface area (Å²) in [6, 6.07) is 9.91. The summed E-state index contributed by atoms with van der Waals surface area (Å²) in [5, 5.41) is 15.8.